The number of aryl methyl sites for hydroxylation is 1. The van der Waals surface area contributed by atoms with Crippen molar-refractivity contribution in [2.75, 3.05) is 0 Å². The first-order valence-electron chi connectivity index (χ1n) is 4.42. The van der Waals surface area contributed by atoms with Crippen molar-refractivity contribution in [1.29, 1.82) is 0 Å². The number of Topliss-reactive ketones (excluding diaryl/α,β-unsaturated/α-hetero) is 1. The summed E-state index contributed by atoms with van der Waals surface area (Å²) in [6.07, 6.45) is 0. The van der Waals surface area contributed by atoms with E-state index in [0.717, 1.165) is 0 Å². The summed E-state index contributed by atoms with van der Waals surface area (Å²) in [7, 11) is 0. The van der Waals surface area contributed by atoms with Gasteiger partial charge in [-0.25, -0.2) is 4.79 Å². The number of hydrogen-bond donors (Lipinski definition) is 1. The molecular weight excluding hydrogens is 216 g/mol. The Morgan fingerprint density at radius 3 is 2.40 bits per heavy atom. The maximum atomic E-state index is 11.1. The summed E-state index contributed by atoms with van der Waals surface area (Å²) in [6, 6.07) is 4.54. The number of rotatable bonds is 3. The highest BCUT2D eigenvalue weighted by Crippen LogP contribution is 2.25. The molecule has 15 heavy (non-hydrogen) atoms. The maximum absolute atomic E-state index is 11.1. The fourth-order valence-electron chi connectivity index (χ4n) is 1.31. The number of ketones is 1. The highest BCUT2D eigenvalue weighted by atomic mass is 35.5. The minimum atomic E-state index is -0.987. The Balaban J connectivity index is 3.13. The van der Waals surface area contributed by atoms with Gasteiger partial charge in [0.05, 0.1) is 5.56 Å². The van der Waals surface area contributed by atoms with Gasteiger partial charge in [0.15, 0.2) is 5.78 Å². The van der Waals surface area contributed by atoms with E-state index in [-0.39, 0.29) is 11.3 Å². The molecule has 1 aromatic carbocycles. The summed E-state index contributed by atoms with van der Waals surface area (Å²) < 4.78 is 0. The van der Waals surface area contributed by atoms with Crippen LogP contribution in [0.2, 0.25) is 0 Å². The fraction of sp³-hybridized carbons (Fsp3) is 0.273. The molecule has 1 aromatic rings. The van der Waals surface area contributed by atoms with E-state index < -0.39 is 11.3 Å². The van der Waals surface area contributed by atoms with Gasteiger partial charge in [-0.15, -0.1) is 11.6 Å². The molecule has 0 saturated heterocycles. The lowest BCUT2D eigenvalue weighted by molar-refractivity contribution is -0.116. The van der Waals surface area contributed by atoms with Crippen LogP contribution in [0.1, 0.15) is 33.8 Å². The molecule has 1 unspecified atom stereocenters. The molecule has 3 nitrogen and oxygen atoms in total. The van der Waals surface area contributed by atoms with Crippen molar-refractivity contribution in [3.8, 4) is 0 Å². The Hall–Kier alpha value is -1.35. The third kappa shape index (κ3) is 2.57. The van der Waals surface area contributed by atoms with Gasteiger partial charge in [0.1, 0.15) is 5.38 Å². The average Bonchev–Trinajstić information content (AvgIpc) is 2.16. The summed E-state index contributed by atoms with van der Waals surface area (Å²) in [5, 5.41) is 8.05. The van der Waals surface area contributed by atoms with Crippen LogP contribution in [0.3, 0.4) is 0 Å². The van der Waals surface area contributed by atoms with Crippen molar-refractivity contribution < 1.29 is 14.7 Å². The molecular formula is C11H11ClO3. The number of aromatic carboxylic acids is 1. The van der Waals surface area contributed by atoms with E-state index in [2.05, 4.69) is 0 Å². The topological polar surface area (TPSA) is 54.4 Å². The standard InChI is InChI=1S/C11H11ClO3/c1-6-5-8(11(14)15)3-4-9(6)10(12)7(2)13/h3-5,10H,1-2H3,(H,14,15). The number of benzene rings is 1. The van der Waals surface area contributed by atoms with Crippen LogP contribution >= 0.6 is 11.6 Å². The molecule has 0 bridgehead atoms. The Kier molecular flexibility index (Phi) is 3.48. The number of carbonyl (C=O) groups excluding carboxylic acids is 1. The van der Waals surface area contributed by atoms with Crippen LogP contribution in [-0.4, -0.2) is 16.9 Å². The summed E-state index contributed by atoms with van der Waals surface area (Å²) >= 11 is 5.88. The van der Waals surface area contributed by atoms with Crippen LogP contribution in [-0.2, 0) is 4.79 Å². The highest BCUT2D eigenvalue weighted by Gasteiger charge is 2.16. The summed E-state index contributed by atoms with van der Waals surface area (Å²) in [6.45, 7) is 3.14. The molecule has 0 amide bonds. The second kappa shape index (κ2) is 4.45. The first-order chi connectivity index (χ1) is 6.93. The van der Waals surface area contributed by atoms with E-state index in [4.69, 9.17) is 16.7 Å². The summed E-state index contributed by atoms with van der Waals surface area (Å²) in [5.74, 6) is -1.14. The molecule has 0 spiro atoms. The predicted octanol–water partition coefficient (Wildman–Crippen LogP) is 2.56. The molecule has 0 aliphatic heterocycles. The molecule has 0 aromatic heterocycles. The molecule has 0 radical (unpaired) electrons. The fourth-order valence-corrected chi connectivity index (χ4v) is 1.56. The van der Waals surface area contributed by atoms with Crippen molar-refractivity contribution in [3.63, 3.8) is 0 Å². The molecule has 0 heterocycles. The van der Waals surface area contributed by atoms with Gasteiger partial charge in [-0.05, 0) is 37.1 Å². The average molecular weight is 227 g/mol. The summed E-state index contributed by atoms with van der Waals surface area (Å²) in [5.41, 5.74) is 1.57. The molecule has 0 aliphatic carbocycles. The minimum absolute atomic E-state index is 0.150. The van der Waals surface area contributed by atoms with Gasteiger partial charge in [-0.1, -0.05) is 6.07 Å². The second-order valence-corrected chi connectivity index (χ2v) is 3.79. The number of carbonyl (C=O) groups is 2. The van der Waals surface area contributed by atoms with Gasteiger partial charge in [-0.3, -0.25) is 4.79 Å². The van der Waals surface area contributed by atoms with Gasteiger partial charge in [0.25, 0.3) is 0 Å². The molecule has 1 N–H and O–H groups in total. The van der Waals surface area contributed by atoms with E-state index >= 15 is 0 Å². The van der Waals surface area contributed by atoms with Crippen LogP contribution in [0.4, 0.5) is 0 Å². The summed E-state index contributed by atoms with van der Waals surface area (Å²) in [4.78, 5) is 21.7. The quantitative estimate of drug-likeness (QED) is 0.806. The highest BCUT2D eigenvalue weighted by molar-refractivity contribution is 6.30. The number of carboxylic acids is 1. The second-order valence-electron chi connectivity index (χ2n) is 3.35. The Morgan fingerprint density at radius 2 is 2.00 bits per heavy atom. The molecule has 0 aliphatic rings. The van der Waals surface area contributed by atoms with Gasteiger partial charge < -0.3 is 5.11 Å². The SMILES string of the molecule is CC(=O)C(Cl)c1ccc(C(=O)O)cc1C. The molecule has 0 fully saturated rings. The van der Waals surface area contributed by atoms with Gasteiger partial charge in [-0.2, -0.15) is 0 Å². The molecule has 4 heteroatoms. The van der Waals surface area contributed by atoms with Gasteiger partial charge >= 0.3 is 5.97 Å². The van der Waals surface area contributed by atoms with Crippen molar-refractivity contribution in [1.82, 2.24) is 0 Å². The number of carboxylic acid groups (broad SMARTS) is 1. The van der Waals surface area contributed by atoms with Crippen molar-refractivity contribution in [2.24, 2.45) is 0 Å². The first-order valence-corrected chi connectivity index (χ1v) is 4.85. The van der Waals surface area contributed by atoms with Crippen molar-refractivity contribution in [2.45, 2.75) is 19.2 Å². The minimum Gasteiger partial charge on any atom is -0.478 e. The zero-order chi connectivity index (χ0) is 11.6. The number of hydrogen-bond acceptors (Lipinski definition) is 2. The van der Waals surface area contributed by atoms with Crippen LogP contribution in [0.15, 0.2) is 18.2 Å². The Morgan fingerprint density at radius 1 is 1.40 bits per heavy atom. The van der Waals surface area contributed by atoms with Crippen molar-refractivity contribution >= 4 is 23.4 Å². The van der Waals surface area contributed by atoms with E-state index in [1.807, 2.05) is 0 Å². The normalized spacial score (nSPS) is 12.2. The van der Waals surface area contributed by atoms with E-state index in [1.54, 1.807) is 13.0 Å². The Bertz CT molecular complexity index is 412. The number of alkyl halides is 1. The third-order valence-corrected chi connectivity index (χ3v) is 2.69. The molecule has 0 saturated carbocycles. The molecule has 1 atom stereocenters. The van der Waals surface area contributed by atoms with Crippen LogP contribution in [0.25, 0.3) is 0 Å². The van der Waals surface area contributed by atoms with Crippen molar-refractivity contribution in [3.05, 3.63) is 34.9 Å². The number of halogens is 1. The lowest BCUT2D eigenvalue weighted by Gasteiger charge is -2.10. The molecule has 80 valence electrons. The third-order valence-electron chi connectivity index (χ3n) is 2.15. The first kappa shape index (κ1) is 11.7. The van der Waals surface area contributed by atoms with E-state index in [9.17, 15) is 9.59 Å². The van der Waals surface area contributed by atoms with Gasteiger partial charge in [0.2, 0.25) is 0 Å². The predicted molar refractivity (Wildman–Crippen MR) is 57.4 cm³/mol. The van der Waals surface area contributed by atoms with E-state index in [1.165, 1.54) is 19.1 Å². The van der Waals surface area contributed by atoms with Crippen LogP contribution < -0.4 is 0 Å². The van der Waals surface area contributed by atoms with Gasteiger partial charge in [0, 0.05) is 0 Å². The largest absolute Gasteiger partial charge is 0.478 e. The maximum Gasteiger partial charge on any atom is 0.335 e. The zero-order valence-corrected chi connectivity index (χ0v) is 9.21. The van der Waals surface area contributed by atoms with E-state index in [0.29, 0.717) is 11.1 Å². The lowest BCUT2D eigenvalue weighted by atomic mass is 10.0. The molecule has 1 rings (SSSR count). The Labute approximate surface area is 92.7 Å². The smallest absolute Gasteiger partial charge is 0.335 e. The van der Waals surface area contributed by atoms with Crippen LogP contribution in [0.5, 0.6) is 0 Å². The zero-order valence-electron chi connectivity index (χ0n) is 8.45. The monoisotopic (exact) mass is 226 g/mol. The lowest BCUT2D eigenvalue weighted by Crippen LogP contribution is -2.05. The van der Waals surface area contributed by atoms with Crippen LogP contribution in [0, 0.1) is 6.92 Å².